The zero-order valence-corrected chi connectivity index (χ0v) is 18.3. The molecule has 0 unspecified atom stereocenters. The quantitative estimate of drug-likeness (QED) is 0.501. The van der Waals surface area contributed by atoms with Gasteiger partial charge in [-0.2, -0.15) is 22.7 Å². The summed E-state index contributed by atoms with van der Waals surface area (Å²) in [5.74, 6) is -0.666. The predicted octanol–water partition coefficient (Wildman–Crippen LogP) is 2.15. The number of carbonyl (C=O) groups is 1. The van der Waals surface area contributed by atoms with Crippen molar-refractivity contribution < 1.29 is 35.9 Å². The van der Waals surface area contributed by atoms with Gasteiger partial charge < -0.3 is 14.8 Å². The number of rotatable bonds is 9. The maximum Gasteiger partial charge on any atom is 0.511 e. The highest BCUT2D eigenvalue weighted by molar-refractivity contribution is 9.10. The fourth-order valence-corrected chi connectivity index (χ4v) is 3.77. The first-order valence-corrected chi connectivity index (χ1v) is 10.7. The summed E-state index contributed by atoms with van der Waals surface area (Å²) in [5.41, 5.74) is -6.30. The minimum atomic E-state index is -5.64. The van der Waals surface area contributed by atoms with Gasteiger partial charge >= 0.3 is 15.5 Å². The van der Waals surface area contributed by atoms with Crippen LogP contribution in [0.4, 0.5) is 13.2 Å². The van der Waals surface area contributed by atoms with Gasteiger partial charge in [-0.05, 0) is 35.7 Å². The number of aromatic nitrogens is 1. The van der Waals surface area contributed by atoms with E-state index >= 15 is 0 Å². The van der Waals surface area contributed by atoms with Crippen molar-refractivity contribution in [2.75, 3.05) is 20.4 Å². The first-order chi connectivity index (χ1) is 13.9. The van der Waals surface area contributed by atoms with Crippen molar-refractivity contribution in [3.8, 4) is 11.9 Å². The number of carbonyl (C=O) groups excluding carboxylic acids is 1. The van der Waals surface area contributed by atoms with E-state index in [0.717, 1.165) is 7.11 Å². The number of ether oxygens (including phenoxy) is 2. The first kappa shape index (κ1) is 24.3. The highest BCUT2D eigenvalue weighted by Gasteiger charge is 2.51. The summed E-state index contributed by atoms with van der Waals surface area (Å²) < 4.78 is 72.4. The molecule has 0 radical (unpaired) electrons. The van der Waals surface area contributed by atoms with Gasteiger partial charge in [-0.3, -0.25) is 4.79 Å². The van der Waals surface area contributed by atoms with Gasteiger partial charge in [-0.1, -0.05) is 0 Å². The Kier molecular flexibility index (Phi) is 7.33. The van der Waals surface area contributed by atoms with Crippen molar-refractivity contribution in [1.29, 1.82) is 5.26 Å². The highest BCUT2D eigenvalue weighted by Crippen LogP contribution is 2.35. The number of pyridine rings is 1. The molecular weight excluding hydrogens is 497 g/mol. The van der Waals surface area contributed by atoms with E-state index in [4.69, 9.17) is 10.00 Å². The van der Waals surface area contributed by atoms with Crippen molar-refractivity contribution in [2.24, 2.45) is 0 Å². The van der Waals surface area contributed by atoms with E-state index in [1.165, 1.54) is 19.2 Å². The Morgan fingerprint density at radius 2 is 2.13 bits per heavy atom. The molecule has 0 bridgehead atoms. The number of hydrogen-bond donors (Lipinski definition) is 1. The molecule has 1 amide bonds. The van der Waals surface area contributed by atoms with E-state index in [9.17, 15) is 26.4 Å². The van der Waals surface area contributed by atoms with Crippen LogP contribution in [-0.2, 0) is 14.8 Å². The summed E-state index contributed by atoms with van der Waals surface area (Å²) in [6.45, 7) is -0.112. The van der Waals surface area contributed by atoms with Gasteiger partial charge in [-0.25, -0.2) is 13.4 Å². The Labute approximate surface area is 179 Å². The van der Waals surface area contributed by atoms with Gasteiger partial charge in [-0.15, -0.1) is 0 Å². The molecule has 1 aliphatic rings. The minimum Gasteiger partial charge on any atom is -0.476 e. The van der Waals surface area contributed by atoms with E-state index in [1.54, 1.807) is 0 Å². The van der Waals surface area contributed by atoms with Crippen molar-refractivity contribution in [2.45, 2.75) is 36.9 Å². The monoisotopic (exact) mass is 514 g/mol. The Morgan fingerprint density at radius 1 is 1.50 bits per heavy atom. The fraction of sp³-hybridized carbons (Fsp3) is 0.562. The van der Waals surface area contributed by atoms with Crippen molar-refractivity contribution in [3.05, 3.63) is 22.3 Å². The normalized spacial score (nSPS) is 16.6. The number of alkyl halides is 3. The topological polar surface area (TPSA) is 122 Å². The SMILES string of the molecule is COCN([C@@H](C)COc1cc(C(=O)NC2(C#N)CC2)c(Br)cn1)S(=O)(=O)C(F)(F)F. The number of nitrogens with one attached hydrogen (secondary N) is 1. The van der Waals surface area contributed by atoms with Gasteiger partial charge in [0, 0.05) is 23.8 Å². The molecule has 1 aliphatic carbocycles. The number of nitriles is 1. The molecule has 9 nitrogen and oxygen atoms in total. The maximum atomic E-state index is 12.9. The van der Waals surface area contributed by atoms with E-state index in [1.807, 2.05) is 6.07 Å². The largest absolute Gasteiger partial charge is 0.511 e. The van der Waals surface area contributed by atoms with Gasteiger partial charge in [0.1, 0.15) is 18.9 Å². The summed E-state index contributed by atoms with van der Waals surface area (Å²) in [7, 11) is -4.59. The van der Waals surface area contributed by atoms with Crippen LogP contribution in [0, 0.1) is 11.3 Å². The van der Waals surface area contributed by atoms with Crippen LogP contribution in [0.5, 0.6) is 5.88 Å². The Morgan fingerprint density at radius 3 is 2.63 bits per heavy atom. The van der Waals surface area contributed by atoms with E-state index in [-0.39, 0.29) is 15.7 Å². The molecule has 0 aliphatic heterocycles. The molecule has 1 N–H and O–H groups in total. The average molecular weight is 515 g/mol. The number of methoxy groups -OCH3 is 1. The molecule has 30 heavy (non-hydrogen) atoms. The van der Waals surface area contributed by atoms with Crippen LogP contribution in [0.25, 0.3) is 0 Å². The molecule has 2 rings (SSSR count). The first-order valence-electron chi connectivity index (χ1n) is 8.46. The Balaban J connectivity index is 2.13. The summed E-state index contributed by atoms with van der Waals surface area (Å²) in [6.07, 6.45) is 2.31. The van der Waals surface area contributed by atoms with Crippen LogP contribution >= 0.6 is 15.9 Å². The maximum absolute atomic E-state index is 12.9. The van der Waals surface area contributed by atoms with Gasteiger partial charge in [0.25, 0.3) is 5.91 Å². The summed E-state index contributed by atoms with van der Waals surface area (Å²) >= 11 is 3.16. The molecule has 166 valence electrons. The van der Waals surface area contributed by atoms with Gasteiger partial charge in [0.05, 0.1) is 17.7 Å². The average Bonchev–Trinajstić information content (AvgIpc) is 3.43. The van der Waals surface area contributed by atoms with Crippen LogP contribution in [0.1, 0.15) is 30.1 Å². The van der Waals surface area contributed by atoms with Crippen molar-refractivity contribution in [1.82, 2.24) is 14.6 Å². The minimum absolute atomic E-state index is 0.103. The molecule has 1 aromatic rings. The third-order valence-electron chi connectivity index (χ3n) is 4.21. The lowest BCUT2D eigenvalue weighted by atomic mass is 10.2. The zero-order chi connectivity index (χ0) is 22.7. The van der Waals surface area contributed by atoms with E-state index in [0.29, 0.717) is 17.3 Å². The smallest absolute Gasteiger partial charge is 0.476 e. The fourth-order valence-electron chi connectivity index (χ4n) is 2.33. The molecule has 0 saturated heterocycles. The van der Waals surface area contributed by atoms with Crippen LogP contribution in [0.15, 0.2) is 16.7 Å². The second kappa shape index (κ2) is 9.04. The molecule has 1 atom stereocenters. The zero-order valence-electron chi connectivity index (χ0n) is 15.9. The Bertz CT molecular complexity index is 947. The number of hydrogen-bond acceptors (Lipinski definition) is 7. The predicted molar refractivity (Wildman–Crippen MR) is 101 cm³/mol. The number of amides is 1. The third-order valence-corrected chi connectivity index (χ3v) is 6.51. The van der Waals surface area contributed by atoms with Crippen LogP contribution < -0.4 is 10.1 Å². The van der Waals surface area contributed by atoms with Crippen LogP contribution in [0.3, 0.4) is 0 Å². The molecule has 0 spiro atoms. The highest BCUT2D eigenvalue weighted by atomic mass is 79.9. The standard InChI is InChI=1S/C16H18BrF3N4O5S/c1-10(24(9-28-2)30(26,27)16(18,19)20)7-29-13-5-11(12(17)6-22-13)14(25)23-15(8-21)3-4-15/h5-6,10H,3-4,7,9H2,1-2H3,(H,23,25)/t10-/m0/s1. The second-order valence-corrected chi connectivity index (χ2v) is 9.30. The van der Waals surface area contributed by atoms with Gasteiger partial charge in [0.2, 0.25) is 5.88 Å². The molecule has 1 aromatic heterocycles. The molecule has 1 saturated carbocycles. The molecule has 1 heterocycles. The van der Waals surface area contributed by atoms with Gasteiger partial charge in [0.15, 0.2) is 0 Å². The number of nitrogens with zero attached hydrogens (tertiary/aromatic N) is 3. The Hall–Kier alpha value is -1.95. The lowest BCUT2D eigenvalue weighted by Crippen LogP contribution is -2.48. The molecule has 0 aromatic carbocycles. The lowest BCUT2D eigenvalue weighted by Gasteiger charge is -2.28. The molecule has 1 fully saturated rings. The van der Waals surface area contributed by atoms with E-state index < -0.39 is 46.4 Å². The third kappa shape index (κ3) is 5.39. The molecular formula is C16H18BrF3N4O5S. The van der Waals surface area contributed by atoms with E-state index in [2.05, 4.69) is 31.0 Å². The van der Waals surface area contributed by atoms with Crippen molar-refractivity contribution in [3.63, 3.8) is 0 Å². The number of halogens is 4. The lowest BCUT2D eigenvalue weighted by molar-refractivity contribution is -0.0546. The second-order valence-electron chi connectivity index (χ2n) is 6.57. The summed E-state index contributed by atoms with van der Waals surface area (Å²) in [4.78, 5) is 16.3. The van der Waals surface area contributed by atoms with Crippen LogP contribution in [0.2, 0.25) is 0 Å². The summed E-state index contributed by atoms with van der Waals surface area (Å²) in [6, 6.07) is 2.00. The van der Waals surface area contributed by atoms with Crippen LogP contribution in [-0.4, -0.2) is 61.2 Å². The molecule has 14 heteroatoms. The summed E-state index contributed by atoms with van der Waals surface area (Å²) in [5, 5.41) is 11.7. The number of sulfonamides is 1. The van der Waals surface area contributed by atoms with Crippen molar-refractivity contribution >= 4 is 31.9 Å².